The molecule has 2 aromatic heterocycles. The number of anilines is 1. The number of amides is 2. The number of halogens is 1. The molecule has 1 aliphatic rings. The van der Waals surface area contributed by atoms with Gasteiger partial charge in [0.1, 0.15) is 10.9 Å². The van der Waals surface area contributed by atoms with Crippen molar-refractivity contribution in [3.05, 3.63) is 81.9 Å². The van der Waals surface area contributed by atoms with E-state index in [2.05, 4.69) is 32.8 Å². The second-order valence-corrected chi connectivity index (χ2v) is 11.1. The van der Waals surface area contributed by atoms with E-state index in [9.17, 15) is 9.59 Å². The highest BCUT2D eigenvalue weighted by atomic mass is 35.5. The van der Waals surface area contributed by atoms with Crippen LogP contribution in [0.4, 0.5) is 5.69 Å². The number of hydrogen-bond donors (Lipinski definition) is 2. The smallest absolute Gasteiger partial charge is 0.255 e. The third-order valence-corrected chi connectivity index (χ3v) is 8.26. The van der Waals surface area contributed by atoms with Gasteiger partial charge in [0.05, 0.1) is 11.3 Å². The average Bonchev–Trinajstić information content (AvgIpc) is 2.95. The van der Waals surface area contributed by atoms with Crippen LogP contribution in [0, 0.1) is 13.8 Å². The van der Waals surface area contributed by atoms with Gasteiger partial charge in [-0.25, -0.2) is 4.98 Å². The maximum Gasteiger partial charge on any atom is 0.255 e. The number of benzene rings is 1. The van der Waals surface area contributed by atoms with Crippen molar-refractivity contribution in [3.63, 3.8) is 0 Å². The first-order chi connectivity index (χ1) is 19.6. The van der Waals surface area contributed by atoms with Gasteiger partial charge < -0.3 is 26.0 Å². The van der Waals surface area contributed by atoms with Crippen molar-refractivity contribution in [3.8, 4) is 5.75 Å². The largest absolute Gasteiger partial charge is 0.484 e. The van der Waals surface area contributed by atoms with Crippen molar-refractivity contribution >= 4 is 29.1 Å². The summed E-state index contributed by atoms with van der Waals surface area (Å²) in [7, 11) is 0. The van der Waals surface area contributed by atoms with Gasteiger partial charge in [-0.2, -0.15) is 0 Å². The van der Waals surface area contributed by atoms with Crippen LogP contribution in [0.3, 0.4) is 0 Å². The van der Waals surface area contributed by atoms with Crippen LogP contribution in [0.15, 0.2) is 48.8 Å². The maximum atomic E-state index is 12.0. The lowest BCUT2D eigenvalue weighted by Crippen LogP contribution is -2.47. The van der Waals surface area contributed by atoms with Gasteiger partial charge in [0.25, 0.3) is 11.8 Å². The fourth-order valence-electron chi connectivity index (χ4n) is 5.68. The number of nitrogens with zero attached hydrogens (tertiary/aromatic N) is 4. The molecule has 1 aliphatic heterocycles. The number of aryl methyl sites for hydroxylation is 1. The number of rotatable bonds is 12. The summed E-state index contributed by atoms with van der Waals surface area (Å²) >= 11 is 6.49. The molecule has 1 aromatic carbocycles. The molecular formula is C31H39ClN6O3. The number of ether oxygens (including phenoxy) is 1. The van der Waals surface area contributed by atoms with Gasteiger partial charge in [-0.05, 0) is 93.5 Å². The van der Waals surface area contributed by atoms with Crippen molar-refractivity contribution in [1.82, 2.24) is 14.9 Å². The summed E-state index contributed by atoms with van der Waals surface area (Å²) in [6.07, 6.45) is 7.36. The van der Waals surface area contributed by atoms with Crippen molar-refractivity contribution in [2.24, 2.45) is 11.5 Å². The zero-order valence-corrected chi connectivity index (χ0v) is 24.7. The van der Waals surface area contributed by atoms with Crippen LogP contribution >= 0.6 is 11.6 Å². The standard InChI is InChI=1S/C31H39ClN6O3/c1-20(6-11-27-21(2)29(31(34)40)22(3)36-30(27)32)37-15-12-25(13-16-37)38(18-23-5-4-14-35-17-23)24-7-9-26(10-8-24)41-19-28(33)39/h4-5,7-10,14,17,20,25H,6,11-13,15-16,18-19H2,1-3H3,(H2,33,39)(H2,34,40)/t20-/m1/s1. The highest BCUT2D eigenvalue weighted by molar-refractivity contribution is 6.30. The Morgan fingerprint density at radius 2 is 1.85 bits per heavy atom. The molecule has 4 N–H and O–H groups in total. The highest BCUT2D eigenvalue weighted by Gasteiger charge is 2.28. The lowest BCUT2D eigenvalue weighted by molar-refractivity contribution is -0.119. The molecule has 1 fully saturated rings. The minimum atomic E-state index is -0.502. The summed E-state index contributed by atoms with van der Waals surface area (Å²) in [5, 5.41) is 0.452. The van der Waals surface area contributed by atoms with Crippen molar-refractivity contribution in [2.75, 3.05) is 24.6 Å². The van der Waals surface area contributed by atoms with Crippen LogP contribution in [0.5, 0.6) is 5.75 Å². The SMILES string of the molecule is Cc1nc(Cl)c(CC[C@@H](C)N2CCC(N(Cc3cccnc3)c3ccc(OCC(N)=O)cc3)CC2)c(C)c1C(N)=O. The number of piperidine rings is 1. The number of primary amides is 2. The van der Waals surface area contributed by atoms with Crippen molar-refractivity contribution in [1.29, 1.82) is 0 Å². The lowest BCUT2D eigenvalue weighted by Gasteiger charge is -2.42. The molecule has 9 nitrogen and oxygen atoms in total. The molecule has 0 radical (unpaired) electrons. The minimum Gasteiger partial charge on any atom is -0.484 e. The molecule has 1 atom stereocenters. The molecule has 3 aromatic rings. The fraction of sp³-hybridized carbons (Fsp3) is 0.419. The molecule has 10 heteroatoms. The van der Waals surface area contributed by atoms with Crippen LogP contribution in [0.25, 0.3) is 0 Å². The number of pyridine rings is 2. The Labute approximate surface area is 246 Å². The molecule has 218 valence electrons. The molecule has 0 saturated carbocycles. The molecule has 3 heterocycles. The monoisotopic (exact) mass is 578 g/mol. The Morgan fingerprint density at radius 1 is 1.15 bits per heavy atom. The zero-order valence-electron chi connectivity index (χ0n) is 24.0. The van der Waals surface area contributed by atoms with Crippen LogP contribution in [-0.2, 0) is 17.8 Å². The molecule has 0 bridgehead atoms. The topological polar surface area (TPSA) is 128 Å². The van der Waals surface area contributed by atoms with Crippen LogP contribution in [0.1, 0.15) is 58.9 Å². The summed E-state index contributed by atoms with van der Waals surface area (Å²) in [5.41, 5.74) is 15.8. The molecule has 1 saturated heterocycles. The summed E-state index contributed by atoms with van der Waals surface area (Å²) in [5.74, 6) is -0.360. The minimum absolute atomic E-state index is 0.145. The van der Waals surface area contributed by atoms with E-state index in [0.29, 0.717) is 34.2 Å². The predicted octanol–water partition coefficient (Wildman–Crippen LogP) is 4.20. The van der Waals surface area contributed by atoms with Gasteiger partial charge in [-0.3, -0.25) is 14.6 Å². The van der Waals surface area contributed by atoms with E-state index in [0.717, 1.165) is 67.7 Å². The molecule has 4 rings (SSSR count). The first-order valence-electron chi connectivity index (χ1n) is 14.0. The van der Waals surface area contributed by atoms with Crippen LogP contribution in [-0.4, -0.2) is 58.5 Å². The normalized spacial score (nSPS) is 14.9. The maximum absolute atomic E-state index is 12.0. The Hall–Kier alpha value is -3.69. The van der Waals surface area contributed by atoms with E-state index >= 15 is 0 Å². The quantitative estimate of drug-likeness (QED) is 0.308. The molecule has 0 aliphatic carbocycles. The molecule has 2 amide bonds. The van der Waals surface area contributed by atoms with E-state index in [1.54, 1.807) is 13.1 Å². The van der Waals surface area contributed by atoms with E-state index in [1.165, 1.54) is 0 Å². The van der Waals surface area contributed by atoms with Crippen molar-refractivity contribution in [2.45, 2.75) is 65.1 Å². The Balaban J connectivity index is 1.41. The molecule has 0 spiro atoms. The Bertz CT molecular complexity index is 1340. The van der Waals surface area contributed by atoms with Gasteiger partial charge >= 0.3 is 0 Å². The zero-order chi connectivity index (χ0) is 29.5. The van der Waals surface area contributed by atoms with Gasteiger partial charge in [0.15, 0.2) is 6.61 Å². The highest BCUT2D eigenvalue weighted by Crippen LogP contribution is 2.30. The second kappa shape index (κ2) is 13.8. The Kier molecular flexibility index (Phi) is 10.2. The number of likely N-dealkylation sites (tertiary alicyclic amines) is 1. The summed E-state index contributed by atoms with van der Waals surface area (Å²) < 4.78 is 5.46. The lowest BCUT2D eigenvalue weighted by atomic mass is 9.95. The predicted molar refractivity (Wildman–Crippen MR) is 161 cm³/mol. The number of aromatic nitrogens is 2. The van der Waals surface area contributed by atoms with Crippen molar-refractivity contribution < 1.29 is 14.3 Å². The van der Waals surface area contributed by atoms with E-state index < -0.39 is 11.8 Å². The number of hydrogen-bond acceptors (Lipinski definition) is 7. The van der Waals surface area contributed by atoms with Crippen LogP contribution in [0.2, 0.25) is 5.15 Å². The number of carbonyl (C=O) groups excluding carboxylic acids is 2. The van der Waals surface area contributed by atoms with E-state index in [4.69, 9.17) is 27.8 Å². The number of carbonyl (C=O) groups is 2. The summed E-state index contributed by atoms with van der Waals surface area (Å²) in [6, 6.07) is 12.6. The Morgan fingerprint density at radius 3 is 2.46 bits per heavy atom. The van der Waals surface area contributed by atoms with Gasteiger partial charge in [-0.1, -0.05) is 17.7 Å². The third kappa shape index (κ3) is 7.74. The molecule has 0 unspecified atom stereocenters. The van der Waals surface area contributed by atoms with Gasteiger partial charge in [0.2, 0.25) is 0 Å². The van der Waals surface area contributed by atoms with Gasteiger partial charge in [-0.15, -0.1) is 0 Å². The first-order valence-corrected chi connectivity index (χ1v) is 14.4. The molecule has 41 heavy (non-hydrogen) atoms. The first kappa shape index (κ1) is 30.3. The summed E-state index contributed by atoms with van der Waals surface area (Å²) in [4.78, 5) is 36.7. The van der Waals surface area contributed by atoms with E-state index in [-0.39, 0.29) is 6.61 Å². The third-order valence-electron chi connectivity index (χ3n) is 7.95. The van der Waals surface area contributed by atoms with Gasteiger partial charge in [0, 0.05) is 49.8 Å². The second-order valence-electron chi connectivity index (χ2n) is 10.7. The summed E-state index contributed by atoms with van der Waals surface area (Å²) in [6.45, 7) is 8.46. The molecular weight excluding hydrogens is 540 g/mol. The number of nitrogens with two attached hydrogens (primary N) is 2. The van der Waals surface area contributed by atoms with Crippen LogP contribution < -0.4 is 21.1 Å². The van der Waals surface area contributed by atoms with E-state index in [1.807, 2.05) is 43.5 Å². The average molecular weight is 579 g/mol. The fourth-order valence-corrected chi connectivity index (χ4v) is 6.05.